The van der Waals surface area contributed by atoms with E-state index in [1.54, 1.807) is 0 Å². The van der Waals surface area contributed by atoms with Crippen molar-refractivity contribution in [1.82, 2.24) is 0 Å². The van der Waals surface area contributed by atoms with E-state index in [0.717, 1.165) is 0 Å². The van der Waals surface area contributed by atoms with Gasteiger partial charge in [0.25, 0.3) is 0 Å². The van der Waals surface area contributed by atoms with Crippen LogP contribution in [0.1, 0.15) is 18.4 Å². The molecule has 100 valence electrons. The molecular formula is C12H7B7ClNO2. The first kappa shape index (κ1) is 18.9. The van der Waals surface area contributed by atoms with Gasteiger partial charge in [0, 0.05) is 5.02 Å². The van der Waals surface area contributed by atoms with Crippen molar-refractivity contribution < 1.29 is 9.90 Å². The number of rotatable bonds is 1. The van der Waals surface area contributed by atoms with Gasteiger partial charge in [0.15, 0.2) is 5.78 Å². The second kappa shape index (κ2) is 5.54. The fraction of sp³-hybridized carbons (Fsp3) is 0.417. The Morgan fingerprint density at radius 3 is 1.96 bits per heavy atom. The predicted molar refractivity (Wildman–Crippen MR) is 98.0 cm³/mol. The third-order valence-electron chi connectivity index (χ3n) is 4.44. The smallest absolute Gasteiger partial charge is 0.178 e. The Bertz CT molecular complexity index is 680. The van der Waals surface area contributed by atoms with Gasteiger partial charge in [0.1, 0.15) is 44.8 Å². The summed E-state index contributed by atoms with van der Waals surface area (Å²) in [7, 11) is 40.2. The molecule has 0 heterocycles. The lowest BCUT2D eigenvalue weighted by molar-refractivity contribution is -0.141. The number of benzene rings is 1. The van der Waals surface area contributed by atoms with Gasteiger partial charge in [-0.2, -0.15) is 0 Å². The summed E-state index contributed by atoms with van der Waals surface area (Å²) in [6.07, 6.45) is -0.159. The van der Waals surface area contributed by atoms with Gasteiger partial charge in [0.2, 0.25) is 0 Å². The molecular weight excluding hydrogens is 301 g/mol. The molecule has 2 rings (SSSR count). The first-order valence-corrected chi connectivity index (χ1v) is 7.01. The molecule has 2 unspecified atom stereocenters. The van der Waals surface area contributed by atoms with Crippen molar-refractivity contribution in [3.05, 3.63) is 10.6 Å². The number of hydrogen-bond acceptors (Lipinski definition) is 3. The summed E-state index contributed by atoms with van der Waals surface area (Å²) in [6, 6.07) is 0. The summed E-state index contributed by atoms with van der Waals surface area (Å²) in [4.78, 5) is 12.7. The number of Topliss-reactive ketones (excluding diaryl/α,β-unsaturated/α-hetero) is 1. The third kappa shape index (κ3) is 2.49. The maximum Gasteiger partial charge on any atom is 0.178 e. The van der Waals surface area contributed by atoms with Crippen molar-refractivity contribution in [3.63, 3.8) is 0 Å². The summed E-state index contributed by atoms with van der Waals surface area (Å²) in [5, 5.41) is 8.27. The van der Waals surface area contributed by atoms with Gasteiger partial charge in [-0.25, -0.2) is 0 Å². The average molecular weight is 308 g/mol. The van der Waals surface area contributed by atoms with Crippen molar-refractivity contribution in [2.24, 2.45) is 5.73 Å². The SMILES string of the molecule is [B]c1c([B])c([B])c(C2(N)CCC([B])([B])C([B])(O)C2=O)c(Cl)c1[B]. The van der Waals surface area contributed by atoms with Crippen LogP contribution in [0.15, 0.2) is 0 Å². The lowest BCUT2D eigenvalue weighted by Crippen LogP contribution is -2.67. The van der Waals surface area contributed by atoms with Gasteiger partial charge in [-0.3, -0.25) is 4.79 Å². The molecule has 1 aliphatic rings. The van der Waals surface area contributed by atoms with E-state index in [1.807, 2.05) is 0 Å². The zero-order valence-electron chi connectivity index (χ0n) is 12.3. The van der Waals surface area contributed by atoms with Crippen LogP contribution in [0.5, 0.6) is 0 Å². The van der Waals surface area contributed by atoms with Crippen LogP contribution >= 0.6 is 11.6 Å². The van der Waals surface area contributed by atoms with Gasteiger partial charge in [-0.15, -0.1) is 10.9 Å². The maximum absolute atomic E-state index is 12.7. The van der Waals surface area contributed by atoms with E-state index in [1.165, 1.54) is 0 Å². The fourth-order valence-electron chi connectivity index (χ4n) is 2.73. The lowest BCUT2D eigenvalue weighted by atomic mass is 9.34. The number of ketones is 1. The van der Waals surface area contributed by atoms with Gasteiger partial charge < -0.3 is 10.8 Å². The van der Waals surface area contributed by atoms with Crippen LogP contribution in [0, 0.1) is 0 Å². The normalized spacial score (nSPS) is 30.3. The Morgan fingerprint density at radius 1 is 0.957 bits per heavy atom. The zero-order valence-corrected chi connectivity index (χ0v) is 13.0. The highest BCUT2D eigenvalue weighted by Gasteiger charge is 2.56. The average Bonchev–Trinajstić information content (AvgIpc) is 2.47. The molecule has 0 amide bonds. The quantitative estimate of drug-likeness (QED) is 0.513. The second-order valence-electron chi connectivity index (χ2n) is 5.95. The molecule has 1 saturated carbocycles. The highest BCUT2D eigenvalue weighted by molar-refractivity contribution is 6.66. The summed E-state index contributed by atoms with van der Waals surface area (Å²) in [6.45, 7) is 0. The molecule has 0 saturated heterocycles. The van der Waals surface area contributed by atoms with E-state index in [9.17, 15) is 9.90 Å². The number of carbonyl (C=O) groups excluding carboxylic acids is 1. The minimum atomic E-state index is -2.60. The number of hydrogen-bond donors (Lipinski definition) is 2. The van der Waals surface area contributed by atoms with E-state index < -0.39 is 22.0 Å². The van der Waals surface area contributed by atoms with Crippen LogP contribution in [0.25, 0.3) is 0 Å². The summed E-state index contributed by atoms with van der Waals surface area (Å²) < 4.78 is 0. The summed E-state index contributed by atoms with van der Waals surface area (Å²) in [5.41, 5.74) is 1.37. The van der Waals surface area contributed by atoms with E-state index >= 15 is 0 Å². The second-order valence-corrected chi connectivity index (χ2v) is 6.33. The molecule has 0 aromatic heterocycles. The standard InChI is InChI=1S/C12H7B7ClNO2/c13-4-3(8(20)7(16)6(15)5(4)14)10(21)1-2-11(17,18)12(19,23)9(10)22/h23H,1-2,21H2. The molecule has 0 spiro atoms. The van der Waals surface area contributed by atoms with Crippen molar-refractivity contribution in [2.45, 2.75) is 29.1 Å². The molecule has 0 bridgehead atoms. The number of halogens is 1. The molecule has 0 aliphatic heterocycles. The Morgan fingerprint density at radius 2 is 1.43 bits per heavy atom. The molecule has 1 aromatic rings. The van der Waals surface area contributed by atoms with Crippen LogP contribution in [0.3, 0.4) is 0 Å². The molecule has 3 nitrogen and oxygen atoms in total. The molecule has 23 heavy (non-hydrogen) atoms. The van der Waals surface area contributed by atoms with E-state index in [2.05, 4.69) is 0 Å². The van der Waals surface area contributed by atoms with Gasteiger partial charge in [-0.05, 0) is 12.0 Å². The van der Waals surface area contributed by atoms with E-state index in [-0.39, 0.29) is 45.3 Å². The Labute approximate surface area is 149 Å². The van der Waals surface area contributed by atoms with Crippen molar-refractivity contribution in [2.75, 3.05) is 0 Å². The largest absolute Gasteiger partial charge is 0.393 e. The summed E-state index contributed by atoms with van der Waals surface area (Å²) >= 11 is 6.17. The highest BCUT2D eigenvalue weighted by Crippen LogP contribution is 2.47. The van der Waals surface area contributed by atoms with E-state index in [4.69, 9.17) is 72.3 Å². The van der Waals surface area contributed by atoms with Crippen LogP contribution in [-0.2, 0) is 10.3 Å². The Hall–Kier alpha value is -0.445. The minimum Gasteiger partial charge on any atom is -0.393 e. The summed E-state index contributed by atoms with van der Waals surface area (Å²) in [5.74, 6) is -1.04. The number of aliphatic hydroxyl groups is 1. The van der Waals surface area contributed by atoms with Gasteiger partial charge in [-0.1, -0.05) is 34.2 Å². The minimum absolute atomic E-state index is 0.0295. The lowest BCUT2D eigenvalue weighted by Gasteiger charge is -2.52. The fourth-order valence-corrected chi connectivity index (χ4v) is 3.10. The molecule has 3 N–H and O–H groups in total. The topological polar surface area (TPSA) is 63.3 Å². The Balaban J connectivity index is 2.75. The highest BCUT2D eigenvalue weighted by atomic mass is 35.5. The van der Waals surface area contributed by atoms with Crippen LogP contribution in [0.4, 0.5) is 0 Å². The van der Waals surface area contributed by atoms with Crippen molar-refractivity contribution in [3.8, 4) is 0 Å². The predicted octanol–water partition coefficient (Wildman–Crippen LogP) is -4.66. The Kier molecular flexibility index (Phi) is 4.55. The monoisotopic (exact) mass is 309 g/mol. The molecule has 2 atom stereocenters. The van der Waals surface area contributed by atoms with Crippen molar-refractivity contribution >= 4 is 94.2 Å². The third-order valence-corrected chi connectivity index (χ3v) is 4.83. The van der Waals surface area contributed by atoms with Crippen LogP contribution in [-0.4, -0.2) is 71.3 Å². The van der Waals surface area contributed by atoms with Gasteiger partial charge in [0.05, 0.1) is 21.2 Å². The molecule has 1 aliphatic carbocycles. The number of carbonyl (C=O) groups is 1. The molecule has 1 fully saturated rings. The molecule has 14 radical (unpaired) electrons. The van der Waals surface area contributed by atoms with E-state index in [0.29, 0.717) is 0 Å². The zero-order chi connectivity index (χ0) is 18.0. The van der Waals surface area contributed by atoms with Crippen molar-refractivity contribution in [1.29, 1.82) is 0 Å². The van der Waals surface area contributed by atoms with Crippen LogP contribution in [0.2, 0.25) is 10.2 Å². The first-order chi connectivity index (χ1) is 10.3. The van der Waals surface area contributed by atoms with Gasteiger partial charge >= 0.3 is 0 Å². The molecule has 1 aromatic carbocycles. The first-order valence-electron chi connectivity index (χ1n) is 6.63. The maximum atomic E-state index is 12.7. The number of nitrogens with two attached hydrogens (primary N) is 1. The van der Waals surface area contributed by atoms with Crippen LogP contribution < -0.4 is 27.6 Å². The molecule has 11 heteroatoms.